The Kier molecular flexibility index (Phi) is 9.95. The molecule has 0 bridgehead atoms. The Bertz CT molecular complexity index is 1650. The van der Waals surface area contributed by atoms with E-state index in [-0.39, 0.29) is 10.8 Å². The van der Waals surface area contributed by atoms with Crippen LogP contribution >= 0.6 is 18.2 Å². The van der Waals surface area contributed by atoms with Crippen LogP contribution in [0.5, 0.6) is 5.75 Å². The number of carbonyl (C=O) groups is 1. The smallest absolute Gasteiger partial charge is 0.351 e. The molecule has 1 fully saturated rings. The number of alkyl halides is 4. The lowest BCUT2D eigenvalue weighted by Crippen LogP contribution is -2.57. The summed E-state index contributed by atoms with van der Waals surface area (Å²) in [6.07, 6.45) is -9.20. The van der Waals surface area contributed by atoms with Crippen LogP contribution in [0, 0.1) is 0 Å². The van der Waals surface area contributed by atoms with Crippen molar-refractivity contribution < 1.29 is 46.0 Å². The van der Waals surface area contributed by atoms with Crippen LogP contribution in [0.3, 0.4) is 0 Å². The number of hydrogen-bond acceptors (Lipinski definition) is 10. The second-order valence-corrected chi connectivity index (χ2v) is 13.6. The number of nitrogens with zero attached hydrogens (tertiary/aromatic N) is 2. The van der Waals surface area contributed by atoms with Gasteiger partial charge in [-0.3, -0.25) is 9.36 Å². The molecule has 0 radical (unpaired) electrons. The van der Waals surface area contributed by atoms with Crippen LogP contribution in [0.25, 0.3) is 10.8 Å². The summed E-state index contributed by atoms with van der Waals surface area (Å²) in [5.74, 6) is -5.91. The number of nitrogens with two attached hydrogens (primary N) is 1. The summed E-state index contributed by atoms with van der Waals surface area (Å²) < 4.78 is 82.5. The summed E-state index contributed by atoms with van der Waals surface area (Å²) in [6, 6.07) is 10.5. The molecular formula is C26H28ClF4N4O7PS. The second-order valence-electron chi connectivity index (χ2n) is 10.1. The first-order valence-corrected chi connectivity index (χ1v) is 16.0. The SMILES string of the molecule is CC(C)OC(=O)[C@H](C)NP(=S)(OC[C@@]1(C(F)F)O[C@@H](n2cc(Cl)c(N)nc2=O)[C@H](O)C1(F)F)Oc1cccc2ccccc12. The van der Waals surface area contributed by atoms with Crippen LogP contribution in [-0.2, 0) is 30.6 Å². The number of ether oxygens (including phenoxy) is 2. The van der Waals surface area contributed by atoms with Crippen molar-refractivity contribution >= 4 is 52.6 Å². The molecule has 4 rings (SSSR count). The molecule has 240 valence electrons. The number of aromatic nitrogens is 2. The van der Waals surface area contributed by atoms with Gasteiger partial charge in [0.05, 0.1) is 17.7 Å². The van der Waals surface area contributed by atoms with Gasteiger partial charge >= 0.3 is 24.2 Å². The van der Waals surface area contributed by atoms with E-state index in [4.69, 9.17) is 47.7 Å². The number of nitrogens with one attached hydrogen (secondary N) is 1. The molecule has 11 nitrogen and oxygen atoms in total. The first-order chi connectivity index (χ1) is 20.5. The van der Waals surface area contributed by atoms with Crippen molar-refractivity contribution in [2.45, 2.75) is 63.2 Å². The molecule has 3 aromatic rings. The average molecular weight is 683 g/mol. The van der Waals surface area contributed by atoms with Gasteiger partial charge in [0.2, 0.25) is 5.60 Å². The number of aliphatic hydroxyl groups excluding tert-OH is 1. The van der Waals surface area contributed by atoms with Crippen molar-refractivity contribution in [3.8, 4) is 5.75 Å². The Balaban J connectivity index is 1.72. The fourth-order valence-electron chi connectivity index (χ4n) is 4.33. The van der Waals surface area contributed by atoms with Gasteiger partial charge in [-0.05, 0) is 44.0 Å². The zero-order valence-corrected chi connectivity index (χ0v) is 25.8. The van der Waals surface area contributed by atoms with Crippen LogP contribution < -0.4 is 21.0 Å². The fraction of sp³-hybridized carbons (Fsp3) is 0.423. The highest BCUT2D eigenvalue weighted by Gasteiger charge is 2.74. The third-order valence-electron chi connectivity index (χ3n) is 6.57. The third-order valence-corrected chi connectivity index (χ3v) is 9.33. The highest BCUT2D eigenvalue weighted by atomic mass is 35.5. The molecule has 0 amide bonds. The van der Waals surface area contributed by atoms with E-state index in [0.29, 0.717) is 15.3 Å². The topological polar surface area (TPSA) is 147 Å². The van der Waals surface area contributed by atoms with Crippen molar-refractivity contribution in [3.63, 3.8) is 0 Å². The van der Waals surface area contributed by atoms with E-state index < -0.39 is 73.2 Å². The first-order valence-electron chi connectivity index (χ1n) is 13.0. The standard InChI is InChI=1S/C26H28ClF4N4O7PS/c1-13(2)40-22(37)14(3)34-43(44,42-18-10-6-8-15-7-4-5-9-16(15)18)39-12-25(23(28)29)26(30,31)19(36)21(41-25)35-11-17(27)20(32)33-24(35)38/h4-11,13-14,19,21,23,36H,12H2,1-3H3,(H,34,44)(H2,32,33,38)/t14-,19-,21+,25-,43?/m0/s1. The van der Waals surface area contributed by atoms with Crippen LogP contribution in [0.15, 0.2) is 53.5 Å². The lowest BCUT2D eigenvalue weighted by Gasteiger charge is -2.35. The summed E-state index contributed by atoms with van der Waals surface area (Å²) in [6.45, 7) is -1.34. The maximum absolute atomic E-state index is 15.6. The van der Waals surface area contributed by atoms with E-state index in [0.717, 1.165) is 6.20 Å². The van der Waals surface area contributed by atoms with Gasteiger partial charge < -0.3 is 29.4 Å². The highest BCUT2D eigenvalue weighted by molar-refractivity contribution is 8.09. The number of benzene rings is 2. The second kappa shape index (κ2) is 12.9. The number of carbonyl (C=O) groups excluding carboxylic acids is 1. The summed E-state index contributed by atoms with van der Waals surface area (Å²) >= 11 is 11.4. The minimum atomic E-state index is -4.74. The third kappa shape index (κ3) is 6.57. The number of aliphatic hydroxyl groups is 1. The number of rotatable bonds is 11. The quantitative estimate of drug-likeness (QED) is 0.150. The minimum absolute atomic E-state index is 0.0978. The molecule has 1 unspecified atom stereocenters. The van der Waals surface area contributed by atoms with Gasteiger partial charge in [0, 0.05) is 11.6 Å². The molecule has 4 N–H and O–H groups in total. The lowest BCUT2D eigenvalue weighted by molar-refractivity contribution is -0.241. The van der Waals surface area contributed by atoms with E-state index in [1.807, 2.05) is 0 Å². The molecule has 44 heavy (non-hydrogen) atoms. The molecule has 0 spiro atoms. The van der Waals surface area contributed by atoms with Gasteiger partial charge in [0.15, 0.2) is 12.3 Å². The average Bonchev–Trinajstić information content (AvgIpc) is 3.15. The lowest BCUT2D eigenvalue weighted by atomic mass is 9.95. The van der Waals surface area contributed by atoms with Crippen molar-refractivity contribution in [1.82, 2.24) is 14.6 Å². The van der Waals surface area contributed by atoms with Crippen molar-refractivity contribution in [2.24, 2.45) is 0 Å². The molecule has 2 aromatic carbocycles. The van der Waals surface area contributed by atoms with Gasteiger partial charge in [0.1, 0.15) is 17.6 Å². The predicted molar refractivity (Wildman–Crippen MR) is 156 cm³/mol. The number of esters is 1. The van der Waals surface area contributed by atoms with E-state index in [1.54, 1.807) is 50.2 Å². The fourth-order valence-corrected chi connectivity index (χ4v) is 6.89. The molecule has 18 heteroatoms. The summed E-state index contributed by atoms with van der Waals surface area (Å²) in [5.41, 5.74) is 0.284. The van der Waals surface area contributed by atoms with Crippen molar-refractivity contribution in [1.29, 1.82) is 0 Å². The van der Waals surface area contributed by atoms with Gasteiger partial charge in [-0.1, -0.05) is 48.0 Å². The normalized spacial score (nSPS) is 23.5. The zero-order valence-electron chi connectivity index (χ0n) is 23.3. The van der Waals surface area contributed by atoms with E-state index in [2.05, 4.69) is 10.1 Å². The van der Waals surface area contributed by atoms with Gasteiger partial charge in [-0.2, -0.15) is 13.8 Å². The monoisotopic (exact) mass is 682 g/mol. The van der Waals surface area contributed by atoms with E-state index >= 15 is 8.78 Å². The maximum Gasteiger partial charge on any atom is 0.351 e. The Morgan fingerprint density at radius 1 is 1.25 bits per heavy atom. The molecule has 1 aliphatic heterocycles. The summed E-state index contributed by atoms with van der Waals surface area (Å²) in [7, 11) is 0. The maximum atomic E-state index is 15.6. The minimum Gasteiger partial charge on any atom is -0.462 e. The van der Waals surface area contributed by atoms with Gasteiger partial charge in [-0.15, -0.1) is 0 Å². The first kappa shape index (κ1) is 34.0. The van der Waals surface area contributed by atoms with E-state index in [1.165, 1.54) is 13.0 Å². The Morgan fingerprint density at radius 2 is 1.91 bits per heavy atom. The highest BCUT2D eigenvalue weighted by Crippen LogP contribution is 2.55. The molecule has 5 atom stereocenters. The van der Waals surface area contributed by atoms with Crippen LogP contribution in [0.1, 0.15) is 27.0 Å². The van der Waals surface area contributed by atoms with Crippen LogP contribution in [0.2, 0.25) is 5.02 Å². The molecule has 2 heterocycles. The summed E-state index contributed by atoms with van der Waals surface area (Å²) in [4.78, 5) is 28.3. The van der Waals surface area contributed by atoms with Crippen molar-refractivity contribution in [3.05, 3.63) is 64.2 Å². The molecule has 1 aromatic heterocycles. The number of fused-ring (bicyclic) bond motifs is 1. The molecule has 1 aliphatic rings. The number of nitrogen functional groups attached to an aromatic ring is 1. The zero-order chi connectivity index (χ0) is 32.6. The largest absolute Gasteiger partial charge is 0.462 e. The van der Waals surface area contributed by atoms with Crippen LogP contribution in [0.4, 0.5) is 23.4 Å². The predicted octanol–water partition coefficient (Wildman–Crippen LogP) is 4.41. The number of anilines is 1. The number of hydrogen-bond donors (Lipinski definition) is 3. The van der Waals surface area contributed by atoms with Gasteiger partial charge in [-0.25, -0.2) is 18.7 Å². The molecular weight excluding hydrogens is 655 g/mol. The van der Waals surface area contributed by atoms with Crippen molar-refractivity contribution in [2.75, 3.05) is 12.3 Å². The number of halogens is 5. The van der Waals surface area contributed by atoms with Gasteiger partial charge in [0.25, 0.3) is 6.43 Å². The van der Waals surface area contributed by atoms with Crippen LogP contribution in [-0.4, -0.2) is 63.4 Å². The Morgan fingerprint density at radius 3 is 2.57 bits per heavy atom. The molecule has 0 aliphatic carbocycles. The molecule has 1 saturated heterocycles. The Labute approximate surface area is 258 Å². The molecule has 0 saturated carbocycles. The van der Waals surface area contributed by atoms with E-state index in [9.17, 15) is 23.5 Å². The summed E-state index contributed by atoms with van der Waals surface area (Å²) in [5, 5.41) is 13.9. The Hall–Kier alpha value is -2.85.